The third-order valence-corrected chi connectivity index (χ3v) is 7.71. The van der Waals surface area contributed by atoms with Crippen molar-refractivity contribution in [3.63, 3.8) is 0 Å². The van der Waals surface area contributed by atoms with Crippen LogP contribution in [0, 0.1) is 20.8 Å². The second-order valence-electron chi connectivity index (χ2n) is 9.28. The van der Waals surface area contributed by atoms with Gasteiger partial charge in [0, 0.05) is 18.5 Å². The summed E-state index contributed by atoms with van der Waals surface area (Å²) in [5.74, 6) is -0.499. The smallest absolute Gasteiger partial charge is 0.262 e. The zero-order chi connectivity index (χ0) is 25.2. The molecule has 3 aromatic carbocycles. The Labute approximate surface area is 215 Å². The molecule has 0 fully saturated rings. The van der Waals surface area contributed by atoms with Crippen LogP contribution in [-0.2, 0) is 9.59 Å². The fourth-order valence-corrected chi connectivity index (χ4v) is 5.41. The predicted molar refractivity (Wildman–Crippen MR) is 146 cm³/mol. The van der Waals surface area contributed by atoms with Crippen LogP contribution in [0.2, 0.25) is 0 Å². The molecular formula is C29H28N4O2S. The van der Waals surface area contributed by atoms with E-state index >= 15 is 0 Å². The van der Waals surface area contributed by atoms with Crippen molar-refractivity contribution in [2.75, 3.05) is 5.32 Å². The highest BCUT2D eigenvalue weighted by Gasteiger charge is 2.39. The van der Waals surface area contributed by atoms with Crippen LogP contribution in [0.15, 0.2) is 82.9 Å². The second-order valence-corrected chi connectivity index (χ2v) is 10.4. The van der Waals surface area contributed by atoms with Crippen LogP contribution in [-0.4, -0.2) is 33.0 Å². The van der Waals surface area contributed by atoms with Crippen molar-refractivity contribution in [1.82, 2.24) is 5.01 Å². The summed E-state index contributed by atoms with van der Waals surface area (Å²) in [6, 6.07) is 24.2. The SMILES string of the molecule is Cc1ccc(C2=NN(C3=NC(=O)C(CC(=O)Nc4ccc(C)c(C)c4)S3)C(c3ccccc3)C2)cc1. The molecule has 0 spiro atoms. The van der Waals surface area contributed by atoms with E-state index in [2.05, 4.69) is 53.6 Å². The zero-order valence-corrected chi connectivity index (χ0v) is 21.4. The quantitative estimate of drug-likeness (QED) is 0.485. The van der Waals surface area contributed by atoms with Gasteiger partial charge in [-0.3, -0.25) is 9.59 Å². The molecule has 0 aliphatic carbocycles. The maximum absolute atomic E-state index is 12.8. The van der Waals surface area contributed by atoms with Gasteiger partial charge in [0.25, 0.3) is 5.91 Å². The van der Waals surface area contributed by atoms with Gasteiger partial charge < -0.3 is 5.32 Å². The van der Waals surface area contributed by atoms with E-state index in [1.807, 2.05) is 55.3 Å². The number of aryl methyl sites for hydroxylation is 3. The van der Waals surface area contributed by atoms with Crippen molar-refractivity contribution in [3.05, 3.63) is 101 Å². The van der Waals surface area contributed by atoms with E-state index < -0.39 is 5.25 Å². The number of anilines is 1. The molecule has 182 valence electrons. The molecule has 2 aliphatic rings. The van der Waals surface area contributed by atoms with Crippen LogP contribution in [0.1, 0.15) is 46.7 Å². The van der Waals surface area contributed by atoms with Crippen LogP contribution in [0.3, 0.4) is 0 Å². The monoisotopic (exact) mass is 496 g/mol. The largest absolute Gasteiger partial charge is 0.326 e. The topological polar surface area (TPSA) is 74.1 Å². The minimum Gasteiger partial charge on any atom is -0.326 e. The Morgan fingerprint density at radius 1 is 1.00 bits per heavy atom. The Hall–Kier alpha value is -3.71. The second kappa shape index (κ2) is 10.1. The molecule has 3 aromatic rings. The van der Waals surface area contributed by atoms with Crippen molar-refractivity contribution in [3.8, 4) is 0 Å². The Morgan fingerprint density at radius 3 is 2.47 bits per heavy atom. The number of amides is 2. The van der Waals surface area contributed by atoms with Gasteiger partial charge in [0.1, 0.15) is 5.25 Å². The molecule has 0 bridgehead atoms. The number of carbonyl (C=O) groups is 2. The van der Waals surface area contributed by atoms with Gasteiger partial charge in [0.05, 0.1) is 11.8 Å². The van der Waals surface area contributed by atoms with Crippen LogP contribution in [0.25, 0.3) is 0 Å². The van der Waals surface area contributed by atoms with Gasteiger partial charge >= 0.3 is 0 Å². The Bertz CT molecular complexity index is 1370. The molecule has 2 heterocycles. The number of hydrogen-bond donors (Lipinski definition) is 1. The van der Waals surface area contributed by atoms with Crippen molar-refractivity contribution in [1.29, 1.82) is 0 Å². The van der Waals surface area contributed by atoms with E-state index in [1.165, 1.54) is 17.3 Å². The highest BCUT2D eigenvalue weighted by atomic mass is 32.2. The van der Waals surface area contributed by atoms with Gasteiger partial charge in [-0.05, 0) is 55.2 Å². The maximum Gasteiger partial charge on any atom is 0.262 e. The highest BCUT2D eigenvalue weighted by Crippen LogP contribution is 2.38. The summed E-state index contributed by atoms with van der Waals surface area (Å²) in [4.78, 5) is 29.9. The van der Waals surface area contributed by atoms with Crippen LogP contribution >= 0.6 is 11.8 Å². The summed E-state index contributed by atoms with van der Waals surface area (Å²) in [7, 11) is 0. The molecule has 1 N–H and O–H groups in total. The number of aliphatic imine (C=N–C) groups is 1. The molecule has 5 rings (SSSR count). The van der Waals surface area contributed by atoms with Gasteiger partial charge in [0.15, 0.2) is 5.17 Å². The molecule has 7 heteroatoms. The number of hydrazone groups is 1. The Kier molecular flexibility index (Phi) is 6.74. The summed E-state index contributed by atoms with van der Waals surface area (Å²) in [6.07, 6.45) is 0.764. The van der Waals surface area contributed by atoms with Crippen LogP contribution in [0.5, 0.6) is 0 Å². The first-order valence-corrected chi connectivity index (χ1v) is 12.9. The maximum atomic E-state index is 12.8. The lowest BCUT2D eigenvalue weighted by atomic mass is 9.98. The molecule has 0 saturated heterocycles. The third-order valence-electron chi connectivity index (χ3n) is 6.57. The number of carbonyl (C=O) groups excluding carboxylic acids is 2. The highest BCUT2D eigenvalue weighted by molar-refractivity contribution is 8.15. The van der Waals surface area contributed by atoms with Crippen molar-refractivity contribution in [2.24, 2.45) is 10.1 Å². The van der Waals surface area contributed by atoms with E-state index in [-0.39, 0.29) is 24.3 Å². The summed E-state index contributed by atoms with van der Waals surface area (Å²) in [6.45, 7) is 6.10. The van der Waals surface area contributed by atoms with Crippen LogP contribution in [0.4, 0.5) is 5.69 Å². The van der Waals surface area contributed by atoms with E-state index in [9.17, 15) is 9.59 Å². The van der Waals surface area contributed by atoms with Gasteiger partial charge in [-0.15, -0.1) is 0 Å². The van der Waals surface area contributed by atoms with E-state index in [0.29, 0.717) is 11.6 Å². The van der Waals surface area contributed by atoms with Gasteiger partial charge in [-0.1, -0.05) is 78.0 Å². The first-order valence-electron chi connectivity index (χ1n) is 12.0. The Morgan fingerprint density at radius 2 is 1.75 bits per heavy atom. The standard InChI is InChI=1S/C29H28N4O2S/c1-18-9-12-21(13-10-18)24-16-25(22-7-5-4-6-8-22)33(32-24)29-31-28(35)26(36-29)17-27(34)30-23-14-11-19(2)20(3)15-23/h4-15,25-26H,16-17H2,1-3H3,(H,30,34). The molecule has 2 aliphatic heterocycles. The number of nitrogens with zero attached hydrogens (tertiary/aromatic N) is 3. The molecule has 6 nitrogen and oxygen atoms in total. The fourth-order valence-electron chi connectivity index (χ4n) is 4.35. The molecular weight excluding hydrogens is 468 g/mol. The van der Waals surface area contributed by atoms with Gasteiger partial charge in [0.2, 0.25) is 5.91 Å². The van der Waals surface area contributed by atoms with Crippen molar-refractivity contribution in [2.45, 2.75) is 44.9 Å². The molecule has 0 saturated carbocycles. The molecule has 2 amide bonds. The third kappa shape index (κ3) is 5.11. The minimum absolute atomic E-state index is 0.0573. The Balaban J connectivity index is 1.33. The number of benzene rings is 3. The van der Waals surface area contributed by atoms with Gasteiger partial charge in [-0.2, -0.15) is 10.1 Å². The molecule has 2 unspecified atom stereocenters. The van der Waals surface area contributed by atoms with Crippen molar-refractivity contribution < 1.29 is 9.59 Å². The zero-order valence-electron chi connectivity index (χ0n) is 20.6. The number of amidine groups is 1. The first kappa shape index (κ1) is 24.0. The average Bonchev–Trinajstić information content (AvgIpc) is 3.46. The lowest BCUT2D eigenvalue weighted by molar-refractivity contribution is -0.121. The molecule has 36 heavy (non-hydrogen) atoms. The number of nitrogens with one attached hydrogen (secondary N) is 1. The lowest BCUT2D eigenvalue weighted by Crippen LogP contribution is -2.25. The van der Waals surface area contributed by atoms with E-state index in [0.717, 1.165) is 33.7 Å². The summed E-state index contributed by atoms with van der Waals surface area (Å²) in [5, 5.41) is 9.65. The average molecular weight is 497 g/mol. The molecule has 2 atom stereocenters. The molecule has 0 aromatic heterocycles. The van der Waals surface area contributed by atoms with Crippen molar-refractivity contribution >= 4 is 40.1 Å². The lowest BCUT2D eigenvalue weighted by Gasteiger charge is -2.23. The molecule has 0 radical (unpaired) electrons. The van der Waals surface area contributed by atoms with E-state index in [1.54, 1.807) is 0 Å². The number of rotatable bonds is 5. The van der Waals surface area contributed by atoms with E-state index in [4.69, 9.17) is 5.10 Å². The first-order chi connectivity index (χ1) is 17.4. The summed E-state index contributed by atoms with van der Waals surface area (Å²) in [5.41, 5.74) is 7.31. The normalized spacial score (nSPS) is 19.3. The van der Waals surface area contributed by atoms with Crippen LogP contribution < -0.4 is 5.32 Å². The van der Waals surface area contributed by atoms with Gasteiger partial charge in [-0.25, -0.2) is 5.01 Å². The number of thioether (sulfide) groups is 1. The summed E-state index contributed by atoms with van der Waals surface area (Å²) < 4.78 is 0. The number of hydrogen-bond acceptors (Lipinski definition) is 5. The predicted octanol–water partition coefficient (Wildman–Crippen LogP) is 5.79. The summed E-state index contributed by atoms with van der Waals surface area (Å²) >= 11 is 1.32. The fraction of sp³-hybridized carbons (Fsp3) is 0.241. The minimum atomic E-state index is -0.568.